The Balaban J connectivity index is 1.53. The second kappa shape index (κ2) is 7.54. The van der Waals surface area contributed by atoms with Crippen molar-refractivity contribution in [1.82, 2.24) is 15.0 Å². The maximum atomic E-state index is 13.9. The third-order valence-electron chi connectivity index (χ3n) is 5.32. The minimum Gasteiger partial charge on any atom is -0.361 e. The van der Waals surface area contributed by atoms with Gasteiger partial charge in [-0.2, -0.15) is 0 Å². The molecule has 1 atom stereocenters. The molecule has 0 N–H and O–H groups in total. The fourth-order valence-corrected chi connectivity index (χ4v) is 3.92. The Morgan fingerprint density at radius 2 is 2.07 bits per heavy atom. The van der Waals surface area contributed by atoms with Gasteiger partial charge in [0.1, 0.15) is 11.6 Å². The van der Waals surface area contributed by atoms with Gasteiger partial charge in [0.2, 0.25) is 5.91 Å². The summed E-state index contributed by atoms with van der Waals surface area (Å²) in [5.74, 6) is 0.354. The van der Waals surface area contributed by atoms with Gasteiger partial charge in [0.25, 0.3) is 0 Å². The van der Waals surface area contributed by atoms with Crippen molar-refractivity contribution >= 4 is 5.91 Å². The van der Waals surface area contributed by atoms with Crippen molar-refractivity contribution in [2.45, 2.75) is 39.2 Å². The van der Waals surface area contributed by atoms with Crippen LogP contribution in [-0.2, 0) is 11.2 Å². The number of aromatic nitrogens is 2. The number of pyridine rings is 1. The van der Waals surface area contributed by atoms with Crippen LogP contribution in [0.15, 0.2) is 47.1 Å². The number of carbonyl (C=O) groups excluding carboxylic acids is 1. The van der Waals surface area contributed by atoms with Gasteiger partial charge in [-0.25, -0.2) is 4.39 Å². The molecular weight excluding hydrogens is 357 g/mol. The molecule has 0 saturated carbocycles. The number of carbonyl (C=O) groups is 1. The molecule has 28 heavy (non-hydrogen) atoms. The first-order valence-electron chi connectivity index (χ1n) is 9.46. The molecule has 1 fully saturated rings. The van der Waals surface area contributed by atoms with Crippen LogP contribution < -0.4 is 0 Å². The SMILES string of the molecule is Cc1noc(C)c1-c1ccc([C@H]2CCCN2C(=O)Cc2ccccc2F)nc1. The summed E-state index contributed by atoms with van der Waals surface area (Å²) in [5, 5.41) is 3.99. The Labute approximate surface area is 163 Å². The summed E-state index contributed by atoms with van der Waals surface area (Å²) in [6.45, 7) is 4.45. The summed E-state index contributed by atoms with van der Waals surface area (Å²) in [4.78, 5) is 19.2. The maximum absolute atomic E-state index is 13.9. The Kier molecular flexibility index (Phi) is 4.94. The highest BCUT2D eigenvalue weighted by Crippen LogP contribution is 2.33. The maximum Gasteiger partial charge on any atom is 0.227 e. The molecule has 0 spiro atoms. The lowest BCUT2D eigenvalue weighted by molar-refractivity contribution is -0.131. The van der Waals surface area contributed by atoms with Crippen LogP contribution in [0.25, 0.3) is 11.1 Å². The van der Waals surface area contributed by atoms with Crippen molar-refractivity contribution in [3.8, 4) is 11.1 Å². The van der Waals surface area contributed by atoms with Crippen molar-refractivity contribution in [2.75, 3.05) is 6.54 Å². The Morgan fingerprint density at radius 3 is 2.75 bits per heavy atom. The highest BCUT2D eigenvalue weighted by Gasteiger charge is 2.31. The molecule has 0 bridgehead atoms. The summed E-state index contributed by atoms with van der Waals surface area (Å²) in [6, 6.07) is 10.3. The summed E-state index contributed by atoms with van der Waals surface area (Å²) < 4.78 is 19.1. The second-order valence-corrected chi connectivity index (χ2v) is 7.18. The van der Waals surface area contributed by atoms with E-state index in [1.807, 2.05) is 30.9 Å². The average molecular weight is 379 g/mol. The molecular formula is C22H22FN3O2. The Morgan fingerprint density at radius 1 is 1.25 bits per heavy atom. The van der Waals surface area contributed by atoms with Crippen molar-refractivity contribution in [3.05, 3.63) is 71.1 Å². The van der Waals surface area contributed by atoms with E-state index >= 15 is 0 Å². The van der Waals surface area contributed by atoms with Gasteiger partial charge in [-0.05, 0) is 44.4 Å². The number of benzene rings is 1. The van der Waals surface area contributed by atoms with E-state index in [-0.39, 0.29) is 24.2 Å². The average Bonchev–Trinajstić information content (AvgIpc) is 3.31. The Hall–Kier alpha value is -3.02. The number of hydrogen-bond donors (Lipinski definition) is 0. The molecule has 1 aliphatic rings. The predicted octanol–water partition coefficient (Wildman–Crippen LogP) is 4.40. The summed E-state index contributed by atoms with van der Waals surface area (Å²) in [7, 11) is 0. The van der Waals surface area contributed by atoms with E-state index < -0.39 is 0 Å². The van der Waals surface area contributed by atoms with Crippen molar-refractivity contribution in [2.24, 2.45) is 0 Å². The van der Waals surface area contributed by atoms with Crippen LogP contribution in [0.1, 0.15) is 41.6 Å². The van der Waals surface area contributed by atoms with E-state index in [1.165, 1.54) is 6.07 Å². The van der Waals surface area contributed by atoms with Gasteiger partial charge in [-0.15, -0.1) is 0 Å². The minimum absolute atomic E-state index is 0.0656. The lowest BCUT2D eigenvalue weighted by atomic mass is 10.0. The van der Waals surface area contributed by atoms with Crippen molar-refractivity contribution in [3.63, 3.8) is 0 Å². The molecule has 144 valence electrons. The zero-order valence-electron chi connectivity index (χ0n) is 16.0. The Bertz CT molecular complexity index is 978. The monoisotopic (exact) mass is 379 g/mol. The fraction of sp³-hybridized carbons (Fsp3) is 0.318. The largest absolute Gasteiger partial charge is 0.361 e. The number of likely N-dealkylation sites (tertiary alicyclic amines) is 1. The number of aryl methyl sites for hydroxylation is 2. The van der Waals surface area contributed by atoms with Gasteiger partial charge < -0.3 is 9.42 Å². The summed E-state index contributed by atoms with van der Waals surface area (Å²) in [5.41, 5.74) is 4.02. The zero-order chi connectivity index (χ0) is 19.7. The van der Waals surface area contributed by atoms with E-state index in [0.29, 0.717) is 12.1 Å². The number of rotatable bonds is 4. The fourth-order valence-electron chi connectivity index (χ4n) is 3.92. The number of nitrogens with zero attached hydrogens (tertiary/aromatic N) is 3. The molecule has 0 aliphatic carbocycles. The van der Waals surface area contributed by atoms with Gasteiger partial charge in [-0.1, -0.05) is 29.4 Å². The summed E-state index contributed by atoms with van der Waals surface area (Å²) in [6.07, 6.45) is 3.65. The molecule has 3 heterocycles. The number of halogens is 1. The zero-order valence-corrected chi connectivity index (χ0v) is 16.0. The normalized spacial score (nSPS) is 16.5. The highest BCUT2D eigenvalue weighted by molar-refractivity contribution is 5.79. The van der Waals surface area contributed by atoms with Gasteiger partial charge in [0.15, 0.2) is 0 Å². The molecule has 3 aromatic rings. The molecule has 1 aliphatic heterocycles. The number of amides is 1. The van der Waals surface area contributed by atoms with Gasteiger partial charge in [-0.3, -0.25) is 9.78 Å². The van der Waals surface area contributed by atoms with Crippen LogP contribution in [0.3, 0.4) is 0 Å². The first kappa shape index (κ1) is 18.3. The van der Waals surface area contributed by atoms with Crippen molar-refractivity contribution < 1.29 is 13.7 Å². The molecule has 5 nitrogen and oxygen atoms in total. The van der Waals surface area contributed by atoms with Gasteiger partial charge in [0.05, 0.1) is 23.9 Å². The van der Waals surface area contributed by atoms with Crippen molar-refractivity contribution in [1.29, 1.82) is 0 Å². The van der Waals surface area contributed by atoms with Crippen LogP contribution in [0.2, 0.25) is 0 Å². The molecule has 4 rings (SSSR count). The first-order valence-corrected chi connectivity index (χ1v) is 9.46. The lowest BCUT2D eigenvalue weighted by Gasteiger charge is -2.24. The van der Waals surface area contributed by atoms with E-state index in [4.69, 9.17) is 4.52 Å². The van der Waals surface area contributed by atoms with E-state index in [1.54, 1.807) is 24.4 Å². The topological polar surface area (TPSA) is 59.2 Å². The molecule has 6 heteroatoms. The minimum atomic E-state index is -0.339. The highest BCUT2D eigenvalue weighted by atomic mass is 19.1. The molecule has 0 radical (unpaired) electrons. The third kappa shape index (κ3) is 3.42. The van der Waals surface area contributed by atoms with E-state index in [2.05, 4.69) is 10.1 Å². The molecule has 1 amide bonds. The van der Waals surface area contributed by atoms with Crippen LogP contribution in [0.4, 0.5) is 4.39 Å². The summed E-state index contributed by atoms with van der Waals surface area (Å²) >= 11 is 0. The molecule has 2 aromatic heterocycles. The molecule has 0 unspecified atom stereocenters. The van der Waals surface area contributed by atoms with Crippen LogP contribution >= 0.6 is 0 Å². The van der Waals surface area contributed by atoms with Crippen LogP contribution in [0.5, 0.6) is 0 Å². The predicted molar refractivity (Wildman–Crippen MR) is 103 cm³/mol. The quantitative estimate of drug-likeness (QED) is 0.674. The van der Waals surface area contributed by atoms with Crippen LogP contribution in [-0.4, -0.2) is 27.5 Å². The van der Waals surface area contributed by atoms with E-state index in [0.717, 1.165) is 41.1 Å². The number of hydrogen-bond acceptors (Lipinski definition) is 4. The van der Waals surface area contributed by atoms with Gasteiger partial charge in [0, 0.05) is 23.9 Å². The lowest BCUT2D eigenvalue weighted by Crippen LogP contribution is -2.32. The molecule has 1 saturated heterocycles. The molecule has 1 aromatic carbocycles. The first-order chi connectivity index (χ1) is 13.5. The standard InChI is InChI=1S/C22H22FN3O2/c1-14-22(15(2)28-25-14)17-9-10-19(24-13-17)20-8-5-11-26(20)21(27)12-16-6-3-4-7-18(16)23/h3-4,6-7,9-10,13,20H,5,8,11-12H2,1-2H3/t20-/m1/s1. The van der Waals surface area contributed by atoms with E-state index in [9.17, 15) is 9.18 Å². The van der Waals surface area contributed by atoms with Gasteiger partial charge >= 0.3 is 0 Å². The third-order valence-corrected chi connectivity index (χ3v) is 5.32. The second-order valence-electron chi connectivity index (χ2n) is 7.18. The smallest absolute Gasteiger partial charge is 0.227 e. The van der Waals surface area contributed by atoms with Crippen LogP contribution in [0, 0.1) is 19.7 Å².